The number of carbonyl (C=O) groups is 1. The highest BCUT2D eigenvalue weighted by Crippen LogP contribution is 2.32. The monoisotopic (exact) mass is 301 g/mol. The summed E-state index contributed by atoms with van der Waals surface area (Å²) >= 11 is 2.11. The summed E-state index contributed by atoms with van der Waals surface area (Å²) in [6, 6.07) is 0.399. The lowest BCUT2D eigenvalue weighted by Gasteiger charge is -2.39. The Kier molecular flexibility index (Phi) is 4.12. The Bertz CT molecular complexity index is 173. The van der Waals surface area contributed by atoms with Gasteiger partial charge in [0.2, 0.25) is 5.91 Å². The third-order valence-electron chi connectivity index (χ3n) is 2.29. The van der Waals surface area contributed by atoms with Crippen molar-refractivity contribution in [2.24, 2.45) is 0 Å². The largest absolute Gasteiger partial charge is 0.343 e. The standard InChI is InChI=1S/C7H12INO2S/c1-5(10)9(2)6-3-7(4-6)11-12-8/h6-7H,3-4H2,1-2H3. The third kappa shape index (κ3) is 2.50. The van der Waals surface area contributed by atoms with Crippen LogP contribution in [0.25, 0.3) is 0 Å². The second-order valence-corrected chi connectivity index (χ2v) is 4.43. The van der Waals surface area contributed by atoms with Gasteiger partial charge >= 0.3 is 0 Å². The van der Waals surface area contributed by atoms with Crippen molar-refractivity contribution in [3.8, 4) is 0 Å². The molecule has 0 spiro atoms. The quantitative estimate of drug-likeness (QED) is 0.590. The van der Waals surface area contributed by atoms with Gasteiger partial charge in [-0.2, -0.15) is 0 Å². The van der Waals surface area contributed by atoms with E-state index in [2.05, 4.69) is 21.2 Å². The highest BCUT2D eigenvalue weighted by atomic mass is 127. The molecule has 0 aromatic carbocycles. The number of carbonyl (C=O) groups excluding carboxylic acids is 1. The molecule has 0 bridgehead atoms. The summed E-state index contributed by atoms with van der Waals surface area (Å²) in [5, 5.41) is 0. The normalized spacial score (nSPS) is 27.9. The first-order valence-electron chi connectivity index (χ1n) is 3.82. The number of amides is 1. The molecule has 1 aliphatic carbocycles. The van der Waals surface area contributed by atoms with Crippen molar-refractivity contribution >= 4 is 36.3 Å². The van der Waals surface area contributed by atoms with E-state index in [1.165, 1.54) is 9.21 Å². The fraction of sp³-hybridized carbons (Fsp3) is 0.857. The highest BCUT2D eigenvalue weighted by molar-refractivity contribution is 14.2. The lowest BCUT2D eigenvalue weighted by molar-refractivity contribution is -0.132. The van der Waals surface area contributed by atoms with Crippen LogP contribution in [0.5, 0.6) is 0 Å². The molecule has 0 N–H and O–H groups in total. The van der Waals surface area contributed by atoms with Crippen molar-refractivity contribution < 1.29 is 8.98 Å². The van der Waals surface area contributed by atoms with Crippen LogP contribution in [0.2, 0.25) is 0 Å². The van der Waals surface area contributed by atoms with Gasteiger partial charge < -0.3 is 9.08 Å². The van der Waals surface area contributed by atoms with Gasteiger partial charge in [0.05, 0.1) is 15.3 Å². The predicted octanol–water partition coefficient (Wildman–Crippen LogP) is 2.01. The summed E-state index contributed by atoms with van der Waals surface area (Å²) in [5.74, 6) is 0.139. The average molecular weight is 301 g/mol. The molecule has 70 valence electrons. The van der Waals surface area contributed by atoms with E-state index in [9.17, 15) is 4.79 Å². The third-order valence-corrected chi connectivity index (χ3v) is 3.25. The maximum atomic E-state index is 10.9. The molecule has 0 heterocycles. The van der Waals surface area contributed by atoms with Crippen molar-refractivity contribution in [1.82, 2.24) is 4.90 Å². The first-order chi connectivity index (χ1) is 5.65. The lowest BCUT2D eigenvalue weighted by atomic mass is 9.88. The minimum atomic E-state index is 0.139. The first kappa shape index (κ1) is 10.6. The van der Waals surface area contributed by atoms with Gasteiger partial charge in [0.25, 0.3) is 0 Å². The van der Waals surface area contributed by atoms with E-state index in [0.717, 1.165) is 12.8 Å². The van der Waals surface area contributed by atoms with E-state index in [1.807, 2.05) is 7.05 Å². The van der Waals surface area contributed by atoms with E-state index in [1.54, 1.807) is 11.8 Å². The second-order valence-electron chi connectivity index (χ2n) is 3.04. The van der Waals surface area contributed by atoms with Crippen LogP contribution in [0.3, 0.4) is 0 Å². The Hall–Kier alpha value is 0.510. The number of hydrogen-bond donors (Lipinski definition) is 0. The zero-order valence-electron chi connectivity index (χ0n) is 7.12. The zero-order chi connectivity index (χ0) is 9.14. The van der Waals surface area contributed by atoms with Gasteiger partial charge in [-0.15, -0.1) is 0 Å². The fourth-order valence-corrected chi connectivity index (χ4v) is 2.38. The molecule has 1 saturated carbocycles. The van der Waals surface area contributed by atoms with Crippen molar-refractivity contribution in [1.29, 1.82) is 0 Å². The van der Waals surface area contributed by atoms with E-state index in [4.69, 9.17) is 4.18 Å². The molecule has 0 aliphatic heterocycles. The molecule has 3 nitrogen and oxygen atoms in total. The summed E-state index contributed by atoms with van der Waals surface area (Å²) in [6.45, 7) is 1.60. The van der Waals surface area contributed by atoms with Gasteiger partial charge in [0, 0.05) is 41.2 Å². The Balaban J connectivity index is 2.20. The molecule has 1 rings (SSSR count). The Morgan fingerprint density at radius 1 is 1.67 bits per heavy atom. The van der Waals surface area contributed by atoms with Crippen molar-refractivity contribution in [3.05, 3.63) is 0 Å². The molecule has 1 fully saturated rings. The van der Waals surface area contributed by atoms with E-state index >= 15 is 0 Å². The molecule has 0 radical (unpaired) electrons. The number of nitrogens with zero attached hydrogens (tertiary/aromatic N) is 1. The molecule has 1 amide bonds. The molecule has 5 heteroatoms. The minimum Gasteiger partial charge on any atom is -0.343 e. The fourth-order valence-electron chi connectivity index (χ4n) is 1.24. The van der Waals surface area contributed by atoms with Crippen molar-refractivity contribution in [3.63, 3.8) is 0 Å². The SMILES string of the molecule is CC(=O)N(C)C1CC(OSI)C1. The van der Waals surface area contributed by atoms with E-state index < -0.39 is 0 Å². The van der Waals surface area contributed by atoms with Crippen LogP contribution < -0.4 is 0 Å². The smallest absolute Gasteiger partial charge is 0.219 e. The molecular formula is C7H12INO2S. The second kappa shape index (κ2) is 4.66. The molecule has 0 aromatic heterocycles. The number of halogens is 1. The zero-order valence-corrected chi connectivity index (χ0v) is 10.1. The van der Waals surface area contributed by atoms with Crippen molar-refractivity contribution in [2.45, 2.75) is 31.9 Å². The van der Waals surface area contributed by atoms with Crippen LogP contribution in [-0.2, 0) is 8.98 Å². The summed E-state index contributed by atoms with van der Waals surface area (Å²) in [6.07, 6.45) is 2.30. The molecule has 0 unspecified atom stereocenters. The Morgan fingerprint density at radius 3 is 2.67 bits per heavy atom. The highest BCUT2D eigenvalue weighted by Gasteiger charge is 2.34. The predicted molar refractivity (Wildman–Crippen MR) is 58.0 cm³/mol. The maximum absolute atomic E-state index is 10.9. The molecule has 0 aromatic rings. The van der Waals surface area contributed by atoms with Crippen LogP contribution in [0, 0.1) is 0 Å². The van der Waals surface area contributed by atoms with Crippen LogP contribution in [0.1, 0.15) is 19.8 Å². The molecule has 0 atom stereocenters. The topological polar surface area (TPSA) is 29.5 Å². The molecule has 1 aliphatic rings. The first-order valence-corrected chi connectivity index (χ1v) is 7.11. The summed E-state index contributed by atoms with van der Waals surface area (Å²) in [5.41, 5.74) is 0. The van der Waals surface area contributed by atoms with Gasteiger partial charge in [-0.3, -0.25) is 4.79 Å². The van der Waals surface area contributed by atoms with Gasteiger partial charge in [-0.05, 0) is 12.8 Å². The number of hydrogen-bond acceptors (Lipinski definition) is 3. The van der Waals surface area contributed by atoms with Crippen molar-refractivity contribution in [2.75, 3.05) is 7.05 Å². The summed E-state index contributed by atoms with van der Waals surface area (Å²) < 4.78 is 5.30. The molecular weight excluding hydrogens is 289 g/mol. The molecule has 0 saturated heterocycles. The van der Waals surface area contributed by atoms with Crippen LogP contribution >= 0.6 is 30.4 Å². The average Bonchev–Trinajstić information content (AvgIpc) is 1.94. The van der Waals surface area contributed by atoms with E-state index in [0.29, 0.717) is 12.1 Å². The Morgan fingerprint density at radius 2 is 2.25 bits per heavy atom. The maximum Gasteiger partial charge on any atom is 0.219 e. The lowest BCUT2D eigenvalue weighted by Crippen LogP contribution is -2.47. The van der Waals surface area contributed by atoms with Crippen LogP contribution in [-0.4, -0.2) is 30.0 Å². The van der Waals surface area contributed by atoms with Gasteiger partial charge in [0.1, 0.15) is 0 Å². The van der Waals surface area contributed by atoms with Crippen LogP contribution in [0.15, 0.2) is 0 Å². The summed E-state index contributed by atoms with van der Waals surface area (Å²) in [4.78, 5) is 12.7. The van der Waals surface area contributed by atoms with Gasteiger partial charge in [-0.25, -0.2) is 0 Å². The number of rotatable bonds is 3. The van der Waals surface area contributed by atoms with Gasteiger partial charge in [0.15, 0.2) is 0 Å². The van der Waals surface area contributed by atoms with Gasteiger partial charge in [-0.1, -0.05) is 0 Å². The Labute approximate surface area is 89.0 Å². The minimum absolute atomic E-state index is 0.139. The van der Waals surface area contributed by atoms with Crippen LogP contribution in [0.4, 0.5) is 0 Å². The summed E-state index contributed by atoms with van der Waals surface area (Å²) in [7, 11) is 3.22. The van der Waals surface area contributed by atoms with E-state index in [-0.39, 0.29) is 5.91 Å². The molecule has 12 heavy (non-hydrogen) atoms.